The van der Waals surface area contributed by atoms with E-state index in [4.69, 9.17) is 19.5 Å². The minimum absolute atomic E-state index is 0.640. The van der Waals surface area contributed by atoms with Gasteiger partial charge in [0.05, 0.1) is 35.6 Å². The van der Waals surface area contributed by atoms with E-state index in [0.29, 0.717) is 11.8 Å². The third kappa shape index (κ3) is 6.89. The molecule has 1 N–H and O–H groups in total. The van der Waals surface area contributed by atoms with E-state index in [1.807, 2.05) is 0 Å². The Kier molecular flexibility index (Phi) is 8.72. The Hall–Kier alpha value is -4.46. The number of likely N-dealkylation sites (tertiary alicyclic amines) is 2. The molecule has 246 valence electrons. The summed E-state index contributed by atoms with van der Waals surface area (Å²) in [4.78, 5) is 18.3. The van der Waals surface area contributed by atoms with Gasteiger partial charge in [0.15, 0.2) is 0 Å². The number of nitrogens with zero attached hydrogens (tertiary/aromatic N) is 4. The molecule has 7 heteroatoms. The Labute approximate surface area is 283 Å². The highest BCUT2D eigenvalue weighted by atomic mass is 16.5. The van der Waals surface area contributed by atoms with E-state index in [2.05, 4.69) is 114 Å². The van der Waals surface area contributed by atoms with Crippen LogP contribution >= 0.6 is 0 Å². The van der Waals surface area contributed by atoms with Crippen LogP contribution in [0.4, 0.5) is 5.69 Å². The first kappa shape index (κ1) is 30.8. The number of piperidine rings is 2. The number of aromatic nitrogens is 2. The summed E-state index contributed by atoms with van der Waals surface area (Å²) < 4.78 is 12.3. The summed E-state index contributed by atoms with van der Waals surface area (Å²) >= 11 is 0. The molecule has 1 aromatic heterocycles. The van der Waals surface area contributed by atoms with Gasteiger partial charge in [-0.25, -0.2) is 4.98 Å². The van der Waals surface area contributed by atoms with E-state index in [0.717, 1.165) is 108 Å². The summed E-state index contributed by atoms with van der Waals surface area (Å²) in [6, 6.07) is 29.9. The quantitative estimate of drug-likeness (QED) is 0.177. The fraction of sp³-hybridized carbons (Fsp3) is 0.366. The van der Waals surface area contributed by atoms with Crippen molar-refractivity contribution in [3.05, 3.63) is 96.1 Å². The van der Waals surface area contributed by atoms with Crippen LogP contribution in [0.2, 0.25) is 0 Å². The lowest BCUT2D eigenvalue weighted by molar-refractivity contribution is 0.160. The van der Waals surface area contributed by atoms with Gasteiger partial charge in [-0.15, -0.1) is 0 Å². The van der Waals surface area contributed by atoms with Crippen LogP contribution in [0.15, 0.2) is 89.9 Å². The lowest BCUT2D eigenvalue weighted by Crippen LogP contribution is -2.32. The molecule has 3 aliphatic rings. The Morgan fingerprint density at radius 3 is 1.81 bits per heavy atom. The van der Waals surface area contributed by atoms with Crippen molar-refractivity contribution >= 4 is 22.4 Å². The topological polar surface area (TPSA) is 66.0 Å². The number of imidazole rings is 1. The van der Waals surface area contributed by atoms with Crippen LogP contribution in [0.25, 0.3) is 33.5 Å². The summed E-state index contributed by atoms with van der Waals surface area (Å²) in [5.74, 6) is 4.02. The number of benzene rings is 4. The number of fused-ring (bicyclic) bond motifs is 2. The average molecular weight is 640 g/mol. The molecule has 0 spiro atoms. The molecule has 0 saturated carbocycles. The fourth-order valence-electron chi connectivity index (χ4n) is 7.19. The summed E-state index contributed by atoms with van der Waals surface area (Å²) in [5, 5.41) is 0. The predicted octanol–water partition coefficient (Wildman–Crippen LogP) is 8.02. The summed E-state index contributed by atoms with van der Waals surface area (Å²) in [6.45, 7) is 6.24. The third-order valence-electron chi connectivity index (χ3n) is 10.5. The van der Waals surface area contributed by atoms with Gasteiger partial charge in [-0.3, -0.25) is 4.99 Å². The highest BCUT2D eigenvalue weighted by Gasteiger charge is 2.20. The van der Waals surface area contributed by atoms with Gasteiger partial charge in [-0.1, -0.05) is 18.2 Å². The van der Waals surface area contributed by atoms with Crippen LogP contribution in [0.3, 0.4) is 0 Å². The monoisotopic (exact) mass is 639 g/mol. The fourth-order valence-corrected chi connectivity index (χ4v) is 7.19. The van der Waals surface area contributed by atoms with Crippen molar-refractivity contribution in [2.24, 2.45) is 16.8 Å². The molecular formula is C41H45N5O2. The molecule has 0 radical (unpaired) electrons. The molecule has 0 atom stereocenters. The molecule has 2 saturated heterocycles. The van der Waals surface area contributed by atoms with Gasteiger partial charge in [-0.2, -0.15) is 0 Å². The minimum Gasteiger partial charge on any atom is -0.493 e. The maximum atomic E-state index is 6.15. The second-order valence-corrected chi connectivity index (χ2v) is 14.1. The van der Waals surface area contributed by atoms with Crippen LogP contribution < -0.4 is 9.47 Å². The number of hydrogen-bond acceptors (Lipinski definition) is 6. The third-order valence-corrected chi connectivity index (χ3v) is 10.5. The number of rotatable bonds is 9. The maximum Gasteiger partial charge on any atom is 0.138 e. The standard InChI is InChI=1S/C41H45N5O2/c1-45-19-15-28(16-20-45)26-47-35-10-5-30(6-11-35)38-25-34-4-3-32(23-39(34)42-38)33-9-14-37-40(24-33)44-41(43-37)31-7-12-36(13-8-31)48-27-29-17-21-46(2)22-18-29/h3-14,23-24,28-29H,15-22,25-27H2,1-2H3,(H,43,44). The van der Waals surface area contributed by atoms with Gasteiger partial charge in [0.2, 0.25) is 0 Å². The maximum absolute atomic E-state index is 6.15. The highest BCUT2D eigenvalue weighted by Crippen LogP contribution is 2.35. The Morgan fingerprint density at radius 2 is 1.19 bits per heavy atom. The van der Waals surface area contributed by atoms with Crippen molar-refractivity contribution in [1.82, 2.24) is 19.8 Å². The average Bonchev–Trinajstić information content (AvgIpc) is 3.76. The minimum atomic E-state index is 0.640. The van der Waals surface area contributed by atoms with Crippen LogP contribution in [-0.4, -0.2) is 79.0 Å². The molecule has 3 aliphatic heterocycles. The smallest absolute Gasteiger partial charge is 0.138 e. The van der Waals surface area contributed by atoms with Gasteiger partial charge in [0, 0.05) is 12.0 Å². The van der Waals surface area contributed by atoms with E-state index < -0.39 is 0 Å². The van der Waals surface area contributed by atoms with Crippen molar-refractivity contribution in [3.63, 3.8) is 0 Å². The molecule has 0 amide bonds. The van der Waals surface area contributed by atoms with Gasteiger partial charge >= 0.3 is 0 Å². The first-order chi connectivity index (χ1) is 23.5. The van der Waals surface area contributed by atoms with Crippen molar-refractivity contribution in [2.45, 2.75) is 32.1 Å². The Morgan fingerprint density at radius 1 is 0.646 bits per heavy atom. The Balaban J connectivity index is 0.914. The second-order valence-electron chi connectivity index (χ2n) is 14.1. The number of aromatic amines is 1. The van der Waals surface area contributed by atoms with E-state index >= 15 is 0 Å². The van der Waals surface area contributed by atoms with Gasteiger partial charge in [0.1, 0.15) is 17.3 Å². The predicted molar refractivity (Wildman–Crippen MR) is 195 cm³/mol. The first-order valence-electron chi connectivity index (χ1n) is 17.6. The zero-order chi connectivity index (χ0) is 32.5. The van der Waals surface area contributed by atoms with E-state index in [1.54, 1.807) is 0 Å². The van der Waals surface area contributed by atoms with E-state index in [-0.39, 0.29) is 0 Å². The summed E-state index contributed by atoms with van der Waals surface area (Å²) in [6.07, 6.45) is 5.69. The van der Waals surface area contributed by atoms with Crippen LogP contribution in [-0.2, 0) is 6.42 Å². The summed E-state index contributed by atoms with van der Waals surface area (Å²) in [7, 11) is 4.39. The molecule has 48 heavy (non-hydrogen) atoms. The molecule has 4 aromatic carbocycles. The number of nitrogens with one attached hydrogen (secondary N) is 1. The zero-order valence-corrected chi connectivity index (χ0v) is 28.1. The zero-order valence-electron chi connectivity index (χ0n) is 28.1. The van der Waals surface area contributed by atoms with Crippen LogP contribution in [0, 0.1) is 11.8 Å². The largest absolute Gasteiger partial charge is 0.493 e. The lowest BCUT2D eigenvalue weighted by Gasteiger charge is -2.28. The first-order valence-corrected chi connectivity index (χ1v) is 17.6. The second kappa shape index (κ2) is 13.6. The van der Waals surface area contributed by atoms with Crippen molar-refractivity contribution in [3.8, 4) is 34.0 Å². The summed E-state index contributed by atoms with van der Waals surface area (Å²) in [5.41, 5.74) is 9.90. The molecule has 5 aromatic rings. The number of aliphatic imine (C=N–C) groups is 1. The molecule has 0 aliphatic carbocycles. The Bertz CT molecular complexity index is 1900. The van der Waals surface area contributed by atoms with E-state index in [1.165, 1.54) is 31.2 Å². The molecule has 7 nitrogen and oxygen atoms in total. The highest BCUT2D eigenvalue weighted by molar-refractivity contribution is 6.07. The normalized spacial score (nSPS) is 17.8. The molecular weight excluding hydrogens is 594 g/mol. The number of hydrogen-bond donors (Lipinski definition) is 1. The van der Waals surface area contributed by atoms with E-state index in [9.17, 15) is 0 Å². The van der Waals surface area contributed by atoms with Crippen molar-refractivity contribution in [2.75, 3.05) is 53.5 Å². The molecule has 0 unspecified atom stereocenters. The number of ether oxygens (including phenoxy) is 2. The SMILES string of the molecule is CN1CCC(COc2ccc(C3=Nc4cc(-c5ccc6nc(-c7ccc(OCC8CCN(C)CC8)cc7)[nH]c6c5)ccc4C3)cc2)CC1. The van der Waals surface area contributed by atoms with Gasteiger partial charge in [-0.05, 0) is 167 Å². The molecule has 8 rings (SSSR count). The van der Waals surface area contributed by atoms with Crippen molar-refractivity contribution in [1.29, 1.82) is 0 Å². The van der Waals surface area contributed by atoms with Crippen LogP contribution in [0.5, 0.6) is 11.5 Å². The molecule has 0 bridgehead atoms. The molecule has 2 fully saturated rings. The number of H-pyrrole nitrogens is 1. The van der Waals surface area contributed by atoms with Crippen molar-refractivity contribution < 1.29 is 9.47 Å². The molecule has 4 heterocycles. The van der Waals surface area contributed by atoms with Gasteiger partial charge < -0.3 is 24.3 Å². The van der Waals surface area contributed by atoms with Gasteiger partial charge in [0.25, 0.3) is 0 Å². The lowest BCUT2D eigenvalue weighted by atomic mass is 9.98. The van der Waals surface area contributed by atoms with Crippen LogP contribution in [0.1, 0.15) is 36.8 Å².